The van der Waals surface area contributed by atoms with Gasteiger partial charge in [-0.25, -0.2) is 4.79 Å². The number of rotatable bonds is 4. The molecule has 0 saturated carbocycles. The van der Waals surface area contributed by atoms with Gasteiger partial charge in [0.05, 0.1) is 20.8 Å². The molecule has 5 heteroatoms. The van der Waals surface area contributed by atoms with E-state index in [0.29, 0.717) is 24.0 Å². The maximum Gasteiger partial charge on any atom is 0.332 e. The summed E-state index contributed by atoms with van der Waals surface area (Å²) in [6.45, 7) is 5.03. The molecule has 2 rings (SSSR count). The van der Waals surface area contributed by atoms with Crippen molar-refractivity contribution in [1.29, 1.82) is 0 Å². The molecule has 0 radical (unpaired) electrons. The molecule has 0 amide bonds. The molecule has 0 saturated heterocycles. The zero-order valence-corrected chi connectivity index (χ0v) is 12.9. The first kappa shape index (κ1) is 15.2. The molecule has 0 fully saturated rings. The van der Waals surface area contributed by atoms with Gasteiger partial charge in [-0.2, -0.15) is 0 Å². The second-order valence-electron chi connectivity index (χ2n) is 4.89. The molecule has 1 aliphatic heterocycles. The lowest BCUT2D eigenvalue weighted by atomic mass is 9.89. The predicted molar refractivity (Wildman–Crippen MR) is 80.6 cm³/mol. The standard InChI is InChI=1S/C16H21NO4/c1-5-21-16(18)8-13-12-7-15(20-4)14(19-3)6-11(12)10(2)9-17-13/h6-8,10,17H,5,9H2,1-4H3. The number of hydrogen-bond donors (Lipinski definition) is 1. The van der Waals surface area contributed by atoms with E-state index >= 15 is 0 Å². The van der Waals surface area contributed by atoms with Gasteiger partial charge < -0.3 is 19.5 Å². The highest BCUT2D eigenvalue weighted by Gasteiger charge is 2.23. The first-order valence-electron chi connectivity index (χ1n) is 6.99. The van der Waals surface area contributed by atoms with Crippen LogP contribution in [0.1, 0.15) is 30.9 Å². The summed E-state index contributed by atoms with van der Waals surface area (Å²) in [6, 6.07) is 3.86. The van der Waals surface area contributed by atoms with Gasteiger partial charge in [0.15, 0.2) is 11.5 Å². The van der Waals surface area contributed by atoms with Crippen molar-refractivity contribution in [2.24, 2.45) is 0 Å². The summed E-state index contributed by atoms with van der Waals surface area (Å²) in [7, 11) is 3.21. The first-order valence-corrected chi connectivity index (χ1v) is 6.99. The van der Waals surface area contributed by atoms with Crippen molar-refractivity contribution < 1.29 is 19.0 Å². The van der Waals surface area contributed by atoms with E-state index in [1.54, 1.807) is 21.1 Å². The third kappa shape index (κ3) is 3.12. The summed E-state index contributed by atoms with van der Waals surface area (Å²) in [5.41, 5.74) is 2.82. The quantitative estimate of drug-likeness (QED) is 0.681. The Kier molecular flexibility index (Phi) is 4.73. The highest BCUT2D eigenvalue weighted by molar-refractivity contribution is 5.92. The lowest BCUT2D eigenvalue weighted by Crippen LogP contribution is -2.26. The zero-order valence-electron chi connectivity index (χ0n) is 12.9. The molecule has 1 aromatic carbocycles. The molecule has 5 nitrogen and oxygen atoms in total. The number of fused-ring (bicyclic) bond motifs is 1. The normalized spacial score (nSPS) is 18.7. The third-order valence-electron chi connectivity index (χ3n) is 3.52. The number of methoxy groups -OCH3 is 2. The van der Waals surface area contributed by atoms with E-state index in [4.69, 9.17) is 14.2 Å². The molecule has 0 aromatic heterocycles. The van der Waals surface area contributed by atoms with E-state index in [9.17, 15) is 4.79 Å². The number of ether oxygens (including phenoxy) is 3. The topological polar surface area (TPSA) is 56.8 Å². The van der Waals surface area contributed by atoms with Crippen molar-refractivity contribution in [3.8, 4) is 11.5 Å². The Bertz CT molecular complexity index is 566. The summed E-state index contributed by atoms with van der Waals surface area (Å²) in [5.74, 6) is 1.30. The molecule has 1 aromatic rings. The minimum absolute atomic E-state index is 0.319. The van der Waals surface area contributed by atoms with Crippen LogP contribution in [0, 0.1) is 0 Å². The summed E-state index contributed by atoms with van der Waals surface area (Å²) in [5, 5.41) is 3.27. The summed E-state index contributed by atoms with van der Waals surface area (Å²) in [6.07, 6.45) is 1.49. The van der Waals surface area contributed by atoms with Crippen LogP contribution in [0.3, 0.4) is 0 Å². The number of benzene rings is 1. The van der Waals surface area contributed by atoms with E-state index in [1.165, 1.54) is 6.08 Å². The minimum atomic E-state index is -0.352. The number of nitrogens with one attached hydrogen (secondary N) is 1. The SMILES string of the molecule is CCOC(=O)C=C1NCC(C)c2cc(OC)c(OC)cc21. The maximum atomic E-state index is 11.7. The van der Waals surface area contributed by atoms with Crippen LogP contribution in [0.5, 0.6) is 11.5 Å². The minimum Gasteiger partial charge on any atom is -0.493 e. The van der Waals surface area contributed by atoms with Crippen LogP contribution in [0.4, 0.5) is 0 Å². The lowest BCUT2D eigenvalue weighted by molar-refractivity contribution is -0.137. The Morgan fingerprint density at radius 1 is 1.33 bits per heavy atom. The fourth-order valence-corrected chi connectivity index (χ4v) is 2.43. The molecule has 21 heavy (non-hydrogen) atoms. The Morgan fingerprint density at radius 3 is 2.62 bits per heavy atom. The third-order valence-corrected chi connectivity index (χ3v) is 3.52. The fraction of sp³-hybridized carbons (Fsp3) is 0.438. The fourth-order valence-electron chi connectivity index (χ4n) is 2.43. The number of esters is 1. The Balaban J connectivity index is 2.49. The van der Waals surface area contributed by atoms with Gasteiger partial charge in [0.25, 0.3) is 0 Å². The van der Waals surface area contributed by atoms with Gasteiger partial charge >= 0.3 is 5.97 Å². The Labute approximate surface area is 124 Å². The molecule has 114 valence electrons. The number of hydrogen-bond acceptors (Lipinski definition) is 5. The molecule has 1 heterocycles. The van der Waals surface area contributed by atoms with Crippen LogP contribution in [0.25, 0.3) is 5.70 Å². The maximum absolute atomic E-state index is 11.7. The summed E-state index contributed by atoms with van der Waals surface area (Å²) < 4.78 is 15.7. The van der Waals surface area contributed by atoms with Gasteiger partial charge in [0.1, 0.15) is 0 Å². The van der Waals surface area contributed by atoms with Crippen molar-refractivity contribution in [2.75, 3.05) is 27.4 Å². The van der Waals surface area contributed by atoms with Crippen LogP contribution in [0.2, 0.25) is 0 Å². The summed E-state index contributed by atoms with van der Waals surface area (Å²) >= 11 is 0. The van der Waals surface area contributed by atoms with Gasteiger partial charge in [0, 0.05) is 23.9 Å². The second-order valence-corrected chi connectivity index (χ2v) is 4.89. The van der Waals surface area contributed by atoms with E-state index < -0.39 is 0 Å². The van der Waals surface area contributed by atoms with Crippen molar-refractivity contribution in [3.05, 3.63) is 29.3 Å². The largest absolute Gasteiger partial charge is 0.493 e. The highest BCUT2D eigenvalue weighted by Crippen LogP contribution is 2.38. The van der Waals surface area contributed by atoms with E-state index in [0.717, 1.165) is 23.4 Å². The molecule has 1 unspecified atom stereocenters. The van der Waals surface area contributed by atoms with Gasteiger partial charge in [-0.05, 0) is 30.5 Å². The molecule has 1 N–H and O–H groups in total. The van der Waals surface area contributed by atoms with Crippen molar-refractivity contribution in [3.63, 3.8) is 0 Å². The lowest BCUT2D eigenvalue weighted by Gasteiger charge is -2.27. The van der Waals surface area contributed by atoms with Gasteiger partial charge in [-0.1, -0.05) is 6.92 Å². The van der Waals surface area contributed by atoms with Gasteiger partial charge in [-0.15, -0.1) is 0 Å². The summed E-state index contributed by atoms with van der Waals surface area (Å²) in [4.78, 5) is 11.7. The monoisotopic (exact) mass is 291 g/mol. The molecule has 1 aliphatic rings. The van der Waals surface area contributed by atoms with E-state index in [2.05, 4.69) is 12.2 Å². The predicted octanol–water partition coefficient (Wildman–Crippen LogP) is 2.31. The first-order chi connectivity index (χ1) is 10.1. The van der Waals surface area contributed by atoms with Crippen LogP contribution in [0.15, 0.2) is 18.2 Å². The molecular weight excluding hydrogens is 270 g/mol. The van der Waals surface area contributed by atoms with Crippen LogP contribution >= 0.6 is 0 Å². The van der Waals surface area contributed by atoms with Crippen LogP contribution < -0.4 is 14.8 Å². The highest BCUT2D eigenvalue weighted by atomic mass is 16.5. The van der Waals surface area contributed by atoms with Crippen LogP contribution in [-0.4, -0.2) is 33.3 Å². The van der Waals surface area contributed by atoms with Gasteiger partial charge in [-0.3, -0.25) is 0 Å². The molecule has 0 spiro atoms. The molecule has 0 aliphatic carbocycles. The average Bonchev–Trinajstić information content (AvgIpc) is 2.49. The second kappa shape index (κ2) is 6.52. The number of carbonyl (C=O) groups excluding carboxylic acids is 1. The molecule has 1 atom stereocenters. The zero-order chi connectivity index (χ0) is 15.4. The van der Waals surface area contributed by atoms with Crippen molar-refractivity contribution >= 4 is 11.7 Å². The Hall–Kier alpha value is -2.17. The van der Waals surface area contributed by atoms with Gasteiger partial charge in [0.2, 0.25) is 0 Å². The van der Waals surface area contributed by atoms with E-state index in [-0.39, 0.29) is 5.97 Å². The van der Waals surface area contributed by atoms with Crippen molar-refractivity contribution in [1.82, 2.24) is 5.32 Å². The molecular formula is C16H21NO4. The number of carbonyl (C=O) groups is 1. The average molecular weight is 291 g/mol. The van der Waals surface area contributed by atoms with Crippen LogP contribution in [-0.2, 0) is 9.53 Å². The molecule has 0 bridgehead atoms. The smallest absolute Gasteiger partial charge is 0.332 e. The van der Waals surface area contributed by atoms with E-state index in [1.807, 2.05) is 12.1 Å². The van der Waals surface area contributed by atoms with Crippen molar-refractivity contribution in [2.45, 2.75) is 19.8 Å². The Morgan fingerprint density at radius 2 is 2.00 bits per heavy atom.